The highest BCUT2D eigenvalue weighted by atomic mass is 16.5. The van der Waals surface area contributed by atoms with Crippen molar-refractivity contribution >= 4 is 23.3 Å². The maximum Gasteiger partial charge on any atom is 0.248 e. The highest BCUT2D eigenvalue weighted by molar-refractivity contribution is 6.02. The summed E-state index contributed by atoms with van der Waals surface area (Å²) >= 11 is 0. The number of hydrogen-bond donors (Lipinski definition) is 3. The van der Waals surface area contributed by atoms with Crippen LogP contribution in [0.4, 0.5) is 11.5 Å². The summed E-state index contributed by atoms with van der Waals surface area (Å²) in [4.78, 5) is 27.8. The Balaban J connectivity index is 1.24. The van der Waals surface area contributed by atoms with Crippen LogP contribution in [0, 0.1) is 0 Å². The number of para-hydroxylation sites is 1. The summed E-state index contributed by atoms with van der Waals surface area (Å²) < 4.78 is 5.36. The maximum atomic E-state index is 12.9. The molecule has 2 aliphatic rings. The SMILES string of the molecule is CC(C(=O)Nc1cc(C2CC2)[nH]n1)c1cccc(-c2ccccc2NC(=O)/C=C/CN2CCOCC2)c1. The fourth-order valence-corrected chi connectivity index (χ4v) is 4.48. The van der Waals surface area contributed by atoms with Crippen LogP contribution in [0.1, 0.15) is 42.9 Å². The Morgan fingerprint density at radius 2 is 1.92 bits per heavy atom. The second-order valence-electron chi connectivity index (χ2n) is 9.67. The Kier molecular flexibility index (Phi) is 7.77. The highest BCUT2D eigenvalue weighted by Gasteiger charge is 2.26. The lowest BCUT2D eigenvalue weighted by Crippen LogP contribution is -2.36. The average Bonchev–Trinajstić information content (AvgIpc) is 3.67. The first-order valence-corrected chi connectivity index (χ1v) is 12.9. The van der Waals surface area contributed by atoms with Gasteiger partial charge < -0.3 is 15.4 Å². The molecule has 1 aromatic heterocycles. The summed E-state index contributed by atoms with van der Waals surface area (Å²) in [6.45, 7) is 5.83. The molecule has 1 aliphatic carbocycles. The Labute approximate surface area is 217 Å². The first kappa shape index (κ1) is 24.9. The Bertz CT molecular complexity index is 1270. The zero-order valence-electron chi connectivity index (χ0n) is 21.1. The molecule has 0 spiro atoms. The van der Waals surface area contributed by atoms with E-state index in [1.165, 1.54) is 12.8 Å². The van der Waals surface area contributed by atoms with Gasteiger partial charge in [0.25, 0.3) is 0 Å². The van der Waals surface area contributed by atoms with Crippen molar-refractivity contribution in [1.82, 2.24) is 15.1 Å². The average molecular weight is 500 g/mol. The smallest absolute Gasteiger partial charge is 0.248 e. The lowest BCUT2D eigenvalue weighted by Gasteiger charge is -2.25. The number of carbonyl (C=O) groups is 2. The number of aromatic nitrogens is 2. The van der Waals surface area contributed by atoms with E-state index in [4.69, 9.17) is 4.74 Å². The van der Waals surface area contributed by atoms with Crippen molar-refractivity contribution in [1.29, 1.82) is 0 Å². The standard InChI is InChI=1S/C29H33N5O3/c1-20(29(36)31-27-19-26(32-33-27)21-11-12-21)22-6-4-7-23(18-22)24-8-2-3-9-25(24)30-28(35)10-5-13-34-14-16-37-17-15-34/h2-10,18-21H,11-17H2,1H3,(H,30,35)(H2,31,32,33,36)/b10-5+. The minimum absolute atomic E-state index is 0.113. The van der Waals surface area contributed by atoms with E-state index in [1.54, 1.807) is 6.08 Å². The first-order chi connectivity index (χ1) is 18.1. The third-order valence-electron chi connectivity index (χ3n) is 6.88. The third kappa shape index (κ3) is 6.53. The van der Waals surface area contributed by atoms with Crippen molar-refractivity contribution in [3.05, 3.63) is 78.0 Å². The number of nitrogens with one attached hydrogen (secondary N) is 3. The van der Waals surface area contributed by atoms with E-state index >= 15 is 0 Å². The molecule has 1 saturated heterocycles. The predicted molar refractivity (Wildman–Crippen MR) is 145 cm³/mol. The monoisotopic (exact) mass is 499 g/mol. The normalized spacial score (nSPS) is 17.0. The molecule has 1 unspecified atom stereocenters. The number of aromatic amines is 1. The summed E-state index contributed by atoms with van der Waals surface area (Å²) in [5.74, 6) is 0.454. The van der Waals surface area contributed by atoms with Crippen molar-refractivity contribution in [2.24, 2.45) is 0 Å². The van der Waals surface area contributed by atoms with Gasteiger partial charge in [0.05, 0.1) is 19.1 Å². The van der Waals surface area contributed by atoms with Gasteiger partial charge in [0.15, 0.2) is 5.82 Å². The number of amides is 2. The number of rotatable bonds is 9. The second kappa shape index (κ2) is 11.5. The molecule has 0 bridgehead atoms. The van der Waals surface area contributed by atoms with Gasteiger partial charge in [-0.3, -0.25) is 19.6 Å². The van der Waals surface area contributed by atoms with Crippen LogP contribution >= 0.6 is 0 Å². The van der Waals surface area contributed by atoms with E-state index in [0.29, 0.717) is 11.7 Å². The molecule has 1 atom stereocenters. The van der Waals surface area contributed by atoms with E-state index in [0.717, 1.165) is 60.9 Å². The van der Waals surface area contributed by atoms with E-state index in [2.05, 4.69) is 25.7 Å². The molecule has 8 nitrogen and oxygen atoms in total. The molecule has 37 heavy (non-hydrogen) atoms. The van der Waals surface area contributed by atoms with E-state index < -0.39 is 0 Å². The van der Waals surface area contributed by atoms with Gasteiger partial charge in [0, 0.05) is 54.6 Å². The fraction of sp³-hybridized carbons (Fsp3) is 0.345. The molecule has 1 saturated carbocycles. The van der Waals surface area contributed by atoms with E-state index in [9.17, 15) is 9.59 Å². The number of anilines is 2. The Morgan fingerprint density at radius 3 is 2.73 bits per heavy atom. The molecule has 2 amide bonds. The van der Waals surface area contributed by atoms with Crippen LogP contribution in [0.25, 0.3) is 11.1 Å². The van der Waals surface area contributed by atoms with Gasteiger partial charge in [-0.25, -0.2) is 0 Å². The topological polar surface area (TPSA) is 99.3 Å². The van der Waals surface area contributed by atoms with E-state index in [-0.39, 0.29) is 17.7 Å². The molecule has 5 rings (SSSR count). The molecule has 2 heterocycles. The minimum atomic E-state index is -0.370. The van der Waals surface area contributed by atoms with Crippen LogP contribution in [0.5, 0.6) is 0 Å². The lowest BCUT2D eigenvalue weighted by atomic mass is 9.95. The molecule has 192 valence electrons. The van der Waals surface area contributed by atoms with Gasteiger partial charge in [0.2, 0.25) is 11.8 Å². The predicted octanol–water partition coefficient (Wildman–Crippen LogP) is 4.52. The van der Waals surface area contributed by atoms with Gasteiger partial charge in [0.1, 0.15) is 0 Å². The first-order valence-electron chi connectivity index (χ1n) is 12.9. The summed E-state index contributed by atoms with van der Waals surface area (Å²) in [6.07, 6.45) is 5.81. The van der Waals surface area contributed by atoms with Crippen molar-refractivity contribution in [3.63, 3.8) is 0 Å². The van der Waals surface area contributed by atoms with Crippen LogP contribution < -0.4 is 10.6 Å². The summed E-state index contributed by atoms with van der Waals surface area (Å²) in [7, 11) is 0. The zero-order chi connectivity index (χ0) is 25.6. The van der Waals surface area contributed by atoms with Crippen LogP contribution in [0.15, 0.2) is 66.7 Å². The number of H-pyrrole nitrogens is 1. The molecule has 3 aromatic rings. The molecule has 2 aromatic carbocycles. The van der Waals surface area contributed by atoms with Crippen molar-refractivity contribution < 1.29 is 14.3 Å². The molecule has 8 heteroatoms. The van der Waals surface area contributed by atoms with Crippen LogP contribution in [-0.2, 0) is 14.3 Å². The Morgan fingerprint density at radius 1 is 1.11 bits per heavy atom. The summed E-state index contributed by atoms with van der Waals surface area (Å²) in [5.41, 5.74) is 4.52. The molecular weight excluding hydrogens is 466 g/mol. The van der Waals surface area contributed by atoms with Gasteiger partial charge >= 0.3 is 0 Å². The summed E-state index contributed by atoms with van der Waals surface area (Å²) in [6, 6.07) is 17.5. The van der Waals surface area contributed by atoms with Gasteiger partial charge in [-0.1, -0.05) is 48.5 Å². The van der Waals surface area contributed by atoms with Gasteiger partial charge in [-0.05, 0) is 37.0 Å². The maximum absolute atomic E-state index is 12.9. The number of ether oxygens (including phenoxy) is 1. The number of hydrogen-bond acceptors (Lipinski definition) is 5. The lowest BCUT2D eigenvalue weighted by molar-refractivity contribution is -0.117. The minimum Gasteiger partial charge on any atom is -0.379 e. The van der Waals surface area contributed by atoms with Crippen LogP contribution in [-0.4, -0.2) is 59.8 Å². The van der Waals surface area contributed by atoms with E-state index in [1.807, 2.05) is 67.6 Å². The van der Waals surface area contributed by atoms with Crippen LogP contribution in [0.3, 0.4) is 0 Å². The molecule has 3 N–H and O–H groups in total. The molecule has 0 radical (unpaired) electrons. The largest absolute Gasteiger partial charge is 0.379 e. The van der Waals surface area contributed by atoms with Gasteiger partial charge in [-0.15, -0.1) is 0 Å². The second-order valence-corrected chi connectivity index (χ2v) is 9.67. The number of morpholine rings is 1. The van der Waals surface area contributed by atoms with Crippen molar-refractivity contribution in [2.45, 2.75) is 31.6 Å². The highest BCUT2D eigenvalue weighted by Crippen LogP contribution is 2.39. The van der Waals surface area contributed by atoms with Crippen molar-refractivity contribution in [3.8, 4) is 11.1 Å². The number of nitrogens with zero attached hydrogens (tertiary/aromatic N) is 2. The quantitative estimate of drug-likeness (QED) is 0.376. The van der Waals surface area contributed by atoms with Crippen molar-refractivity contribution in [2.75, 3.05) is 43.5 Å². The number of benzene rings is 2. The zero-order valence-corrected chi connectivity index (χ0v) is 21.1. The molecular formula is C29H33N5O3. The Hall–Kier alpha value is -3.75. The molecule has 2 fully saturated rings. The third-order valence-corrected chi connectivity index (χ3v) is 6.88. The van der Waals surface area contributed by atoms with Crippen LogP contribution in [0.2, 0.25) is 0 Å². The summed E-state index contributed by atoms with van der Waals surface area (Å²) in [5, 5.41) is 13.2. The number of carbonyl (C=O) groups excluding carboxylic acids is 2. The van der Waals surface area contributed by atoms with Gasteiger partial charge in [-0.2, -0.15) is 5.10 Å². The fourth-order valence-electron chi connectivity index (χ4n) is 4.48. The molecule has 1 aliphatic heterocycles.